The molecule has 7 N–H and O–H groups in total. The van der Waals surface area contributed by atoms with Gasteiger partial charge in [-0.2, -0.15) is 0 Å². The monoisotopic (exact) mass is 1830 g/mol. The van der Waals surface area contributed by atoms with Gasteiger partial charge < -0.3 is 92.6 Å². The first-order valence-electron chi connectivity index (χ1n) is 43.3. The van der Waals surface area contributed by atoms with Gasteiger partial charge in [-0.15, -0.1) is 0 Å². The fraction of sp³-hybridized carbons (Fsp3) is 0.489. The molecule has 8 rings (SSSR count). The lowest BCUT2D eigenvalue weighted by Gasteiger charge is -2.18. The van der Waals surface area contributed by atoms with Crippen LogP contribution in [0.4, 0.5) is 0 Å². The van der Waals surface area contributed by atoms with Gasteiger partial charge in [-0.3, -0.25) is 53.9 Å². The topological polar surface area (TPSA) is 535 Å². The summed E-state index contributed by atoms with van der Waals surface area (Å²) < 4.78 is 60.0. The van der Waals surface area contributed by atoms with Crippen LogP contribution in [-0.2, 0) is 92.0 Å². The first-order valence-corrected chi connectivity index (χ1v) is 43.3. The van der Waals surface area contributed by atoms with E-state index < -0.39 is 129 Å². The smallest absolute Gasteiger partial charge is 0.339 e. The van der Waals surface area contributed by atoms with E-state index in [1.807, 2.05) is 51.1 Å². The Bertz CT molecular complexity index is 4320. The minimum Gasteiger partial charge on any atom is -0.458 e. The lowest BCUT2D eigenvalue weighted by atomic mass is 10.1. The number of aliphatic hydroxyl groups excluding tert-OH is 7. The second-order valence-electron chi connectivity index (χ2n) is 29.6. The fourth-order valence-electron chi connectivity index (χ4n) is 11.1. The van der Waals surface area contributed by atoms with Crippen molar-refractivity contribution in [2.45, 2.75) is 206 Å². The van der Waals surface area contributed by atoms with Crippen LogP contribution in [0.1, 0.15) is 224 Å². The van der Waals surface area contributed by atoms with Crippen LogP contribution in [-0.4, -0.2) is 259 Å². The molecule has 1 aliphatic carbocycles. The molecule has 0 bridgehead atoms. The van der Waals surface area contributed by atoms with E-state index in [9.17, 15) is 78.0 Å². The highest BCUT2D eigenvalue weighted by atomic mass is 16.6. The molecule has 131 heavy (non-hydrogen) atoms. The van der Waals surface area contributed by atoms with Gasteiger partial charge in [0.2, 0.25) is 0 Å². The second-order valence-corrected chi connectivity index (χ2v) is 29.6. The van der Waals surface area contributed by atoms with Crippen molar-refractivity contribution in [2.24, 2.45) is 11.8 Å². The molecule has 6 aromatic heterocycles. The molecule has 7 unspecified atom stereocenters. The second kappa shape index (κ2) is 70.4. The average Bonchev–Trinajstić information content (AvgIpc) is 1.88. The molecule has 1 saturated carbocycles. The zero-order valence-electron chi connectivity index (χ0n) is 74.7. The van der Waals surface area contributed by atoms with E-state index in [4.69, 9.17) is 72.2 Å². The Morgan fingerprint density at radius 3 is 0.954 bits per heavy atom. The minimum atomic E-state index is -1.23. The van der Waals surface area contributed by atoms with Crippen LogP contribution in [0.5, 0.6) is 0 Å². The van der Waals surface area contributed by atoms with Gasteiger partial charge in [0.25, 0.3) is 0 Å². The zero-order chi connectivity index (χ0) is 96.0. The lowest BCUT2D eigenvalue weighted by molar-refractivity contribution is -0.164. The highest BCUT2D eigenvalue weighted by Gasteiger charge is 2.29. The predicted octanol–water partition coefficient (Wildman–Crippen LogP) is 9.22. The third-order valence-corrected chi connectivity index (χ3v) is 18.1. The SMILES string of the molecule is CC(=O)OC(CO)COC(=O)c1cccnc1.CC(C)CC(=O)OC(CO)COC(=O)c1cccnc1.CCCCC(O)C(=O)OC(CO)COC(=O)c1cccnc1.CCCCCCCCCCCC(=O)OC(CO)COC(=O)c1cccnc1.O=C(CCc1ccccc1)OC(CO)COC(=O)c1cccnc1.O=C(OCC(CO)OC(=O)C1CCCC1)c1cccnc1. The number of carbonyl (C=O) groups is 12. The van der Waals surface area contributed by atoms with Crippen molar-refractivity contribution < 1.29 is 150 Å². The van der Waals surface area contributed by atoms with Gasteiger partial charge in [-0.25, -0.2) is 33.6 Å². The Balaban J connectivity index is 0.000000407. The summed E-state index contributed by atoms with van der Waals surface area (Å²) in [5, 5.41) is 64.5. The number of aromatic nitrogens is 6. The Morgan fingerprint density at radius 2 is 0.649 bits per heavy atom. The van der Waals surface area contributed by atoms with Crippen LogP contribution in [0, 0.1) is 11.8 Å². The van der Waals surface area contributed by atoms with Gasteiger partial charge in [0.1, 0.15) is 39.6 Å². The Labute approximate surface area is 761 Å². The normalized spacial score (nSPS) is 12.7. The van der Waals surface area contributed by atoms with Crippen LogP contribution in [0.25, 0.3) is 0 Å². The highest BCUT2D eigenvalue weighted by molar-refractivity contribution is 5.91. The number of hydrogen-bond donors (Lipinski definition) is 7. The number of esters is 12. The molecule has 7 atom stereocenters. The largest absolute Gasteiger partial charge is 0.458 e. The molecule has 0 saturated heterocycles. The average molecular weight is 1830 g/mol. The molecule has 1 fully saturated rings. The summed E-state index contributed by atoms with van der Waals surface area (Å²) in [4.78, 5) is 162. The third kappa shape index (κ3) is 52.7. The number of nitrogens with zero attached hydrogens (tertiary/aromatic N) is 6. The molecule has 0 spiro atoms. The Kier molecular flexibility index (Phi) is 60.5. The number of rotatable bonds is 50. The van der Waals surface area contributed by atoms with Crippen molar-refractivity contribution in [1.29, 1.82) is 0 Å². The summed E-state index contributed by atoms with van der Waals surface area (Å²) in [6.07, 6.45) is 28.5. The summed E-state index contributed by atoms with van der Waals surface area (Å²) in [6.45, 7) is 5.43. The molecule has 7 aromatic rings. The molecule has 37 heteroatoms. The summed E-state index contributed by atoms with van der Waals surface area (Å²) in [6, 6.07) is 28.6. The molecule has 1 aromatic carbocycles. The lowest BCUT2D eigenvalue weighted by Crippen LogP contribution is -2.33. The maximum Gasteiger partial charge on any atom is 0.339 e. The minimum absolute atomic E-state index is 0.0897. The Hall–Kier alpha value is -12.5. The molecule has 0 amide bonds. The summed E-state index contributed by atoms with van der Waals surface area (Å²) in [5.74, 6) is -6.32. The number of aliphatic hydroxyl groups is 7. The summed E-state index contributed by atoms with van der Waals surface area (Å²) in [5.41, 5.74) is 2.81. The third-order valence-electron chi connectivity index (χ3n) is 18.1. The van der Waals surface area contributed by atoms with Crippen LogP contribution in [0.2, 0.25) is 0 Å². The van der Waals surface area contributed by atoms with Crippen molar-refractivity contribution in [3.63, 3.8) is 0 Å². The van der Waals surface area contributed by atoms with E-state index in [1.54, 1.807) is 91.5 Å². The first-order chi connectivity index (χ1) is 63.3. The summed E-state index contributed by atoms with van der Waals surface area (Å²) in [7, 11) is 0. The van der Waals surface area contributed by atoms with E-state index in [2.05, 4.69) is 36.8 Å². The van der Waals surface area contributed by atoms with Gasteiger partial charge in [0.15, 0.2) is 42.7 Å². The van der Waals surface area contributed by atoms with Crippen molar-refractivity contribution in [1.82, 2.24) is 29.9 Å². The number of aryl methyl sites for hydroxylation is 1. The number of carbonyl (C=O) groups excluding carboxylic acids is 12. The Morgan fingerprint density at radius 1 is 0.351 bits per heavy atom. The highest BCUT2D eigenvalue weighted by Crippen LogP contribution is 2.26. The molecular formula is C94H124N6O31. The van der Waals surface area contributed by atoms with Crippen LogP contribution in [0.3, 0.4) is 0 Å². The van der Waals surface area contributed by atoms with Crippen molar-refractivity contribution in [2.75, 3.05) is 79.3 Å². The van der Waals surface area contributed by atoms with Crippen LogP contribution >= 0.6 is 0 Å². The fourth-order valence-corrected chi connectivity index (χ4v) is 11.1. The van der Waals surface area contributed by atoms with Gasteiger partial charge in [-0.05, 0) is 116 Å². The van der Waals surface area contributed by atoms with Gasteiger partial charge in [0, 0.05) is 101 Å². The van der Waals surface area contributed by atoms with Crippen molar-refractivity contribution in [3.8, 4) is 0 Å². The molecule has 0 aliphatic heterocycles. The molecule has 6 heterocycles. The maximum absolute atomic E-state index is 11.9. The van der Waals surface area contributed by atoms with Gasteiger partial charge >= 0.3 is 71.6 Å². The zero-order valence-corrected chi connectivity index (χ0v) is 74.7. The van der Waals surface area contributed by atoms with Crippen LogP contribution < -0.4 is 0 Å². The van der Waals surface area contributed by atoms with E-state index in [1.165, 1.54) is 101 Å². The standard InChI is InChI=1S/C21H33NO5.C18H19NO5.C15H21NO6.C15H19NO5.C14H19NO5.C11H13NO5/c1-2-3-4-5-6-7-8-9-10-13-20(24)27-19(16-23)17-26-21(25)18-12-11-14-22-15-18;20-12-16(13-23-18(22)15-7-4-10-19-11-15)24-17(21)9-8-14-5-2-1-3-6-14;1-2-3-6-13(18)15(20)22-12(9-17)10-21-14(19)11-5-4-7-16-8-11;17-9-13(21-15(19)11-4-1-2-5-11)10-20-14(18)12-6-3-7-16-8-12;1-10(2)6-13(17)20-12(8-16)9-19-14(18)11-4-3-5-15-7-11;1-8(14)17-10(6-13)7-16-11(15)9-3-2-4-12-5-9/h11-12,14-15,19,23H,2-10,13,16-17H2,1H3;1-7,10-11,16,20H,8-9,12-13H2;4-5,7-8,12-13,17-18H,2-3,6,9-10H2,1H3;3,6-8,11,13,17H,1-2,4-5,9-10H2;3-5,7,10,12,16H,6,8-9H2,1-2H3;2-5,10,13H,6-7H2,1H3. The number of pyridine rings is 6. The number of ether oxygens (including phenoxy) is 12. The van der Waals surface area contributed by atoms with Crippen molar-refractivity contribution >= 4 is 71.6 Å². The maximum atomic E-state index is 11.9. The van der Waals surface area contributed by atoms with Gasteiger partial charge in [-0.1, -0.05) is 135 Å². The molecule has 716 valence electrons. The van der Waals surface area contributed by atoms with Gasteiger partial charge in [0.05, 0.1) is 78.9 Å². The first kappa shape index (κ1) is 113. The molecule has 0 radical (unpaired) electrons. The number of unbranched alkanes of at least 4 members (excludes halogenated alkanes) is 9. The molecule has 1 aliphatic rings. The quantitative estimate of drug-likeness (QED) is 0.0106. The van der Waals surface area contributed by atoms with Crippen LogP contribution in [0.15, 0.2) is 177 Å². The molecule has 37 nitrogen and oxygen atoms in total. The number of hydrogen-bond acceptors (Lipinski definition) is 37. The number of benzene rings is 1. The van der Waals surface area contributed by atoms with Crippen molar-refractivity contribution in [3.05, 3.63) is 216 Å². The van der Waals surface area contributed by atoms with E-state index in [0.29, 0.717) is 53.5 Å². The summed E-state index contributed by atoms with van der Waals surface area (Å²) >= 11 is 0. The van der Waals surface area contributed by atoms with E-state index in [0.717, 1.165) is 56.9 Å². The predicted molar refractivity (Wildman–Crippen MR) is 468 cm³/mol. The van der Waals surface area contributed by atoms with E-state index >= 15 is 0 Å². The van der Waals surface area contributed by atoms with E-state index in [-0.39, 0.29) is 95.0 Å². The molecular weight excluding hydrogens is 1710 g/mol.